The molecule has 0 atom stereocenters. The summed E-state index contributed by atoms with van der Waals surface area (Å²) >= 11 is 17.6. The minimum Gasteiger partial charge on any atom is -0.380 e. The van der Waals surface area contributed by atoms with Crippen molar-refractivity contribution in [1.29, 1.82) is 0 Å². The van der Waals surface area contributed by atoms with Crippen molar-refractivity contribution in [2.75, 3.05) is 5.32 Å². The van der Waals surface area contributed by atoms with E-state index in [9.17, 15) is 4.39 Å². The number of nitrogens with one attached hydrogen (secondary N) is 1. The third-order valence-electron chi connectivity index (χ3n) is 2.40. The van der Waals surface area contributed by atoms with Crippen LogP contribution >= 0.6 is 34.8 Å². The predicted molar refractivity (Wildman–Crippen MR) is 75.2 cm³/mol. The van der Waals surface area contributed by atoms with Gasteiger partial charge in [-0.1, -0.05) is 40.9 Å². The number of hydrogen-bond donors (Lipinski definition) is 1. The van der Waals surface area contributed by atoms with Gasteiger partial charge in [0.1, 0.15) is 5.82 Å². The van der Waals surface area contributed by atoms with Crippen LogP contribution in [0, 0.1) is 5.82 Å². The molecule has 2 aromatic carbocycles. The summed E-state index contributed by atoms with van der Waals surface area (Å²) in [6.07, 6.45) is 0. The van der Waals surface area contributed by atoms with Crippen molar-refractivity contribution >= 4 is 40.5 Å². The average molecular weight is 305 g/mol. The summed E-state index contributed by atoms with van der Waals surface area (Å²) in [5.74, 6) is -0.361. The molecule has 0 amide bonds. The van der Waals surface area contributed by atoms with Crippen LogP contribution in [0.15, 0.2) is 36.4 Å². The molecular weight excluding hydrogens is 296 g/mol. The number of rotatable bonds is 3. The van der Waals surface area contributed by atoms with Crippen molar-refractivity contribution in [3.05, 3.63) is 62.8 Å². The number of benzene rings is 2. The summed E-state index contributed by atoms with van der Waals surface area (Å²) in [4.78, 5) is 0. The SMILES string of the molecule is Fc1ccc(NCc2ccc(Cl)c(Cl)c2)c(Cl)c1. The topological polar surface area (TPSA) is 12.0 Å². The zero-order valence-corrected chi connectivity index (χ0v) is 11.5. The third-order valence-corrected chi connectivity index (χ3v) is 3.45. The van der Waals surface area contributed by atoms with E-state index in [1.807, 2.05) is 6.07 Å². The maximum atomic E-state index is 12.9. The molecule has 0 unspecified atom stereocenters. The van der Waals surface area contributed by atoms with Crippen LogP contribution in [0.25, 0.3) is 0 Å². The Hall–Kier alpha value is -0.960. The summed E-state index contributed by atoms with van der Waals surface area (Å²) in [6.45, 7) is 0.530. The summed E-state index contributed by atoms with van der Waals surface area (Å²) < 4.78 is 12.9. The van der Waals surface area contributed by atoms with Gasteiger partial charge >= 0.3 is 0 Å². The summed E-state index contributed by atoms with van der Waals surface area (Å²) in [6, 6.07) is 9.57. The second-order valence-corrected chi connectivity index (χ2v) is 4.95. The average Bonchev–Trinajstić information content (AvgIpc) is 2.32. The Morgan fingerprint density at radius 3 is 2.33 bits per heavy atom. The lowest BCUT2D eigenvalue weighted by Gasteiger charge is -2.09. The van der Waals surface area contributed by atoms with E-state index in [4.69, 9.17) is 34.8 Å². The minimum atomic E-state index is -0.361. The molecule has 5 heteroatoms. The van der Waals surface area contributed by atoms with E-state index in [1.165, 1.54) is 12.1 Å². The van der Waals surface area contributed by atoms with Crippen LogP contribution in [0.5, 0.6) is 0 Å². The fraction of sp³-hybridized carbons (Fsp3) is 0.0769. The van der Waals surface area contributed by atoms with Gasteiger partial charge in [0.05, 0.1) is 20.8 Å². The quantitative estimate of drug-likeness (QED) is 0.800. The number of halogens is 4. The second-order valence-electron chi connectivity index (χ2n) is 3.73. The Kier molecular flexibility index (Phi) is 4.33. The van der Waals surface area contributed by atoms with Crippen molar-refractivity contribution < 1.29 is 4.39 Å². The molecule has 0 saturated carbocycles. The summed E-state index contributed by atoms with van der Waals surface area (Å²) in [7, 11) is 0. The van der Waals surface area contributed by atoms with Gasteiger partial charge in [0, 0.05) is 6.54 Å². The molecule has 0 aromatic heterocycles. The van der Waals surface area contributed by atoms with Gasteiger partial charge in [0.2, 0.25) is 0 Å². The first kappa shape index (κ1) is 13.5. The van der Waals surface area contributed by atoms with E-state index in [0.717, 1.165) is 5.56 Å². The molecule has 18 heavy (non-hydrogen) atoms. The van der Waals surface area contributed by atoms with E-state index < -0.39 is 0 Å². The highest BCUT2D eigenvalue weighted by Crippen LogP contribution is 2.25. The molecule has 2 aromatic rings. The molecule has 0 fully saturated rings. The molecule has 1 N–H and O–H groups in total. The van der Waals surface area contributed by atoms with Gasteiger partial charge < -0.3 is 5.32 Å². The molecule has 2 rings (SSSR count). The highest BCUT2D eigenvalue weighted by molar-refractivity contribution is 6.42. The molecular formula is C13H9Cl3FN. The first-order valence-electron chi connectivity index (χ1n) is 5.19. The molecule has 1 nitrogen and oxygen atoms in total. The Balaban J connectivity index is 2.09. The Bertz CT molecular complexity index is 572. The lowest BCUT2D eigenvalue weighted by atomic mass is 10.2. The van der Waals surface area contributed by atoms with Crippen LogP contribution in [0.2, 0.25) is 15.1 Å². The molecule has 0 aliphatic carbocycles. The van der Waals surface area contributed by atoms with Crippen LogP contribution in [0.1, 0.15) is 5.56 Å². The molecule has 0 spiro atoms. The van der Waals surface area contributed by atoms with Gasteiger partial charge in [-0.05, 0) is 35.9 Å². The van der Waals surface area contributed by atoms with Gasteiger partial charge in [-0.25, -0.2) is 4.39 Å². The lowest BCUT2D eigenvalue weighted by Crippen LogP contribution is -2.00. The summed E-state index contributed by atoms with van der Waals surface area (Å²) in [5.41, 5.74) is 1.63. The zero-order valence-electron chi connectivity index (χ0n) is 9.18. The maximum absolute atomic E-state index is 12.9. The van der Waals surface area contributed by atoms with Crippen molar-refractivity contribution in [2.24, 2.45) is 0 Å². The Morgan fingerprint density at radius 2 is 1.67 bits per heavy atom. The first-order valence-corrected chi connectivity index (χ1v) is 6.32. The molecule has 0 saturated heterocycles. The Morgan fingerprint density at radius 1 is 0.889 bits per heavy atom. The predicted octanol–water partition coefficient (Wildman–Crippen LogP) is 5.40. The molecule has 0 heterocycles. The first-order chi connectivity index (χ1) is 8.56. The van der Waals surface area contributed by atoms with Crippen molar-refractivity contribution in [2.45, 2.75) is 6.54 Å². The van der Waals surface area contributed by atoms with E-state index in [2.05, 4.69) is 5.32 Å². The van der Waals surface area contributed by atoms with Gasteiger partial charge in [-0.3, -0.25) is 0 Å². The molecule has 0 aliphatic heterocycles. The van der Waals surface area contributed by atoms with Crippen molar-refractivity contribution in [3.63, 3.8) is 0 Å². The van der Waals surface area contributed by atoms with Crippen LogP contribution in [-0.2, 0) is 6.54 Å². The van der Waals surface area contributed by atoms with Crippen LogP contribution in [0.3, 0.4) is 0 Å². The molecule has 0 bridgehead atoms. The smallest absolute Gasteiger partial charge is 0.124 e. The van der Waals surface area contributed by atoms with E-state index in [1.54, 1.807) is 18.2 Å². The highest BCUT2D eigenvalue weighted by atomic mass is 35.5. The summed E-state index contributed by atoms with van der Waals surface area (Å²) in [5, 5.41) is 4.46. The zero-order chi connectivity index (χ0) is 13.1. The fourth-order valence-electron chi connectivity index (χ4n) is 1.48. The van der Waals surface area contributed by atoms with Gasteiger partial charge in [-0.15, -0.1) is 0 Å². The van der Waals surface area contributed by atoms with Gasteiger partial charge in [-0.2, -0.15) is 0 Å². The van der Waals surface area contributed by atoms with Crippen LogP contribution in [0.4, 0.5) is 10.1 Å². The van der Waals surface area contributed by atoms with Crippen LogP contribution in [-0.4, -0.2) is 0 Å². The normalized spacial score (nSPS) is 10.4. The number of anilines is 1. The van der Waals surface area contributed by atoms with Gasteiger partial charge in [0.25, 0.3) is 0 Å². The minimum absolute atomic E-state index is 0.343. The van der Waals surface area contributed by atoms with E-state index in [-0.39, 0.29) is 5.82 Å². The standard InChI is InChI=1S/C13H9Cl3FN/c14-10-3-1-8(5-11(10)15)7-18-13-4-2-9(17)6-12(13)16/h1-6,18H,7H2. The highest BCUT2D eigenvalue weighted by Gasteiger charge is 2.03. The molecule has 94 valence electrons. The second kappa shape index (κ2) is 5.79. The number of hydrogen-bond acceptors (Lipinski definition) is 1. The van der Waals surface area contributed by atoms with Crippen LogP contribution < -0.4 is 5.32 Å². The fourth-order valence-corrected chi connectivity index (χ4v) is 2.03. The lowest BCUT2D eigenvalue weighted by molar-refractivity contribution is 0.628. The largest absolute Gasteiger partial charge is 0.380 e. The molecule has 0 aliphatic rings. The maximum Gasteiger partial charge on any atom is 0.124 e. The van der Waals surface area contributed by atoms with Crippen molar-refractivity contribution in [3.8, 4) is 0 Å². The van der Waals surface area contributed by atoms with E-state index >= 15 is 0 Å². The van der Waals surface area contributed by atoms with Crippen molar-refractivity contribution in [1.82, 2.24) is 0 Å². The van der Waals surface area contributed by atoms with E-state index in [0.29, 0.717) is 27.3 Å². The van der Waals surface area contributed by atoms with Gasteiger partial charge in [0.15, 0.2) is 0 Å². The molecule has 0 radical (unpaired) electrons. The monoisotopic (exact) mass is 303 g/mol. The third kappa shape index (κ3) is 3.29. The Labute approximate surface area is 119 Å².